The van der Waals surface area contributed by atoms with E-state index in [4.69, 9.17) is 0 Å². The summed E-state index contributed by atoms with van der Waals surface area (Å²) in [7, 11) is 0. The van der Waals surface area contributed by atoms with Crippen LogP contribution in [-0.4, -0.2) is 15.7 Å². The molecule has 0 aliphatic carbocycles. The number of benzene rings is 1. The minimum atomic E-state index is -0.270. The first-order chi connectivity index (χ1) is 9.63. The lowest BCUT2D eigenvalue weighted by atomic mass is 10.3. The molecule has 1 heterocycles. The third-order valence-corrected chi connectivity index (χ3v) is 3.70. The number of para-hydroxylation sites is 1. The number of nitrogens with one attached hydrogen (secondary N) is 1. The van der Waals surface area contributed by atoms with E-state index in [1.54, 1.807) is 0 Å². The van der Waals surface area contributed by atoms with Crippen molar-refractivity contribution in [2.45, 2.75) is 20.0 Å². The Morgan fingerprint density at radius 2 is 1.95 bits per heavy atom. The number of halogens is 1. The van der Waals surface area contributed by atoms with Gasteiger partial charge in [0, 0.05) is 42.1 Å². The van der Waals surface area contributed by atoms with Crippen LogP contribution in [0.1, 0.15) is 6.92 Å². The van der Waals surface area contributed by atoms with Gasteiger partial charge in [0.15, 0.2) is 0 Å². The molecule has 0 fully saturated rings. The number of hydrogen-bond donors (Lipinski definition) is 1. The number of aromatic nitrogens is 2. The SMILES string of the molecule is CCn1ccc(=O)n(CCNc2ccccc2Br)c1=O. The number of hydrogen-bond acceptors (Lipinski definition) is 3. The van der Waals surface area contributed by atoms with E-state index in [0.29, 0.717) is 19.6 Å². The highest BCUT2D eigenvalue weighted by molar-refractivity contribution is 9.10. The van der Waals surface area contributed by atoms with Crippen molar-refractivity contribution >= 4 is 21.6 Å². The molecule has 0 aliphatic rings. The molecule has 0 radical (unpaired) electrons. The van der Waals surface area contributed by atoms with E-state index in [9.17, 15) is 9.59 Å². The van der Waals surface area contributed by atoms with E-state index >= 15 is 0 Å². The van der Waals surface area contributed by atoms with Crippen molar-refractivity contribution < 1.29 is 0 Å². The Bertz CT molecular complexity index is 706. The monoisotopic (exact) mass is 337 g/mol. The zero-order chi connectivity index (χ0) is 14.5. The molecular weight excluding hydrogens is 322 g/mol. The van der Waals surface area contributed by atoms with Crippen LogP contribution >= 0.6 is 15.9 Å². The minimum Gasteiger partial charge on any atom is -0.382 e. The van der Waals surface area contributed by atoms with Crippen LogP contribution in [0.5, 0.6) is 0 Å². The molecule has 1 aromatic heterocycles. The average molecular weight is 338 g/mol. The maximum atomic E-state index is 12.0. The van der Waals surface area contributed by atoms with Gasteiger partial charge in [-0.2, -0.15) is 0 Å². The van der Waals surface area contributed by atoms with Gasteiger partial charge in [-0.25, -0.2) is 4.79 Å². The molecule has 0 unspecified atom stereocenters. The van der Waals surface area contributed by atoms with E-state index in [1.165, 1.54) is 21.4 Å². The van der Waals surface area contributed by atoms with E-state index < -0.39 is 0 Å². The second kappa shape index (κ2) is 6.56. The molecule has 1 N–H and O–H groups in total. The number of aryl methyl sites for hydroxylation is 1. The van der Waals surface area contributed by atoms with Crippen molar-refractivity contribution in [2.75, 3.05) is 11.9 Å². The zero-order valence-corrected chi connectivity index (χ0v) is 12.8. The summed E-state index contributed by atoms with van der Waals surface area (Å²) >= 11 is 3.44. The number of rotatable bonds is 5. The Labute approximate surface area is 125 Å². The summed E-state index contributed by atoms with van der Waals surface area (Å²) in [4.78, 5) is 23.7. The molecule has 1 aromatic carbocycles. The van der Waals surface area contributed by atoms with E-state index in [-0.39, 0.29) is 11.2 Å². The fourth-order valence-corrected chi connectivity index (χ4v) is 2.34. The maximum Gasteiger partial charge on any atom is 0.331 e. The molecule has 2 aromatic rings. The third-order valence-electron chi connectivity index (χ3n) is 3.01. The summed E-state index contributed by atoms with van der Waals surface area (Å²) in [6.07, 6.45) is 1.53. The van der Waals surface area contributed by atoms with Gasteiger partial charge in [0.2, 0.25) is 0 Å². The van der Waals surface area contributed by atoms with Crippen LogP contribution in [0.3, 0.4) is 0 Å². The van der Waals surface area contributed by atoms with Gasteiger partial charge in [0.25, 0.3) is 5.56 Å². The molecule has 0 amide bonds. The summed E-state index contributed by atoms with van der Waals surface area (Å²) in [5.74, 6) is 0. The smallest absolute Gasteiger partial charge is 0.331 e. The van der Waals surface area contributed by atoms with Crippen LogP contribution < -0.4 is 16.6 Å². The lowest BCUT2D eigenvalue weighted by Gasteiger charge is -2.10. The Morgan fingerprint density at radius 3 is 2.65 bits per heavy atom. The highest BCUT2D eigenvalue weighted by Gasteiger charge is 2.04. The average Bonchev–Trinajstić information content (AvgIpc) is 2.44. The molecular formula is C14H16BrN3O2. The zero-order valence-electron chi connectivity index (χ0n) is 11.2. The summed E-state index contributed by atoms with van der Waals surface area (Å²) in [5, 5.41) is 3.20. The molecule has 0 saturated heterocycles. The molecule has 6 heteroatoms. The molecule has 0 saturated carbocycles. The first-order valence-corrected chi connectivity index (χ1v) is 7.21. The van der Waals surface area contributed by atoms with Crippen molar-refractivity contribution in [1.82, 2.24) is 9.13 Å². The van der Waals surface area contributed by atoms with Gasteiger partial charge in [0.05, 0.1) is 0 Å². The first kappa shape index (κ1) is 14.6. The molecule has 5 nitrogen and oxygen atoms in total. The summed E-state index contributed by atoms with van der Waals surface area (Å²) in [6, 6.07) is 9.13. The second-order valence-corrected chi connectivity index (χ2v) is 5.14. The van der Waals surface area contributed by atoms with Crippen LogP contribution in [0.15, 0.2) is 50.6 Å². The fraction of sp³-hybridized carbons (Fsp3) is 0.286. The van der Waals surface area contributed by atoms with Gasteiger partial charge >= 0.3 is 5.69 Å². The Balaban J connectivity index is 2.11. The van der Waals surface area contributed by atoms with Crippen LogP contribution in [0.25, 0.3) is 0 Å². The van der Waals surface area contributed by atoms with Crippen molar-refractivity contribution in [3.63, 3.8) is 0 Å². The van der Waals surface area contributed by atoms with Gasteiger partial charge in [-0.3, -0.25) is 9.36 Å². The molecule has 0 bridgehead atoms. The summed E-state index contributed by atoms with van der Waals surface area (Å²) in [6.45, 7) is 3.26. The van der Waals surface area contributed by atoms with Crippen LogP contribution in [-0.2, 0) is 13.1 Å². The number of anilines is 1. The predicted octanol–water partition coefficient (Wildman–Crippen LogP) is 1.90. The quantitative estimate of drug-likeness (QED) is 0.906. The Kier molecular flexibility index (Phi) is 4.79. The Hall–Kier alpha value is -1.82. The highest BCUT2D eigenvalue weighted by atomic mass is 79.9. The van der Waals surface area contributed by atoms with E-state index in [1.807, 2.05) is 31.2 Å². The lowest BCUT2D eigenvalue weighted by molar-refractivity contribution is 0.577. The lowest BCUT2D eigenvalue weighted by Crippen LogP contribution is -2.40. The largest absolute Gasteiger partial charge is 0.382 e. The van der Waals surface area contributed by atoms with Gasteiger partial charge in [-0.05, 0) is 35.0 Å². The van der Waals surface area contributed by atoms with Crippen LogP contribution in [0, 0.1) is 0 Å². The molecule has 0 spiro atoms. The van der Waals surface area contributed by atoms with Gasteiger partial charge in [0.1, 0.15) is 0 Å². The van der Waals surface area contributed by atoms with E-state index in [2.05, 4.69) is 21.2 Å². The van der Waals surface area contributed by atoms with Crippen molar-refractivity contribution in [2.24, 2.45) is 0 Å². The van der Waals surface area contributed by atoms with Crippen molar-refractivity contribution in [1.29, 1.82) is 0 Å². The molecule has 2 rings (SSSR count). The van der Waals surface area contributed by atoms with Crippen molar-refractivity contribution in [3.8, 4) is 0 Å². The molecule has 0 atom stereocenters. The molecule has 106 valence electrons. The normalized spacial score (nSPS) is 10.5. The third kappa shape index (κ3) is 3.19. The Morgan fingerprint density at radius 1 is 1.20 bits per heavy atom. The van der Waals surface area contributed by atoms with Gasteiger partial charge in [-0.15, -0.1) is 0 Å². The van der Waals surface area contributed by atoms with Gasteiger partial charge < -0.3 is 9.88 Å². The fourth-order valence-electron chi connectivity index (χ4n) is 1.91. The number of nitrogens with zero attached hydrogens (tertiary/aromatic N) is 2. The molecule has 0 aliphatic heterocycles. The molecule has 20 heavy (non-hydrogen) atoms. The summed E-state index contributed by atoms with van der Waals surface area (Å²) in [5.41, 5.74) is 0.398. The van der Waals surface area contributed by atoms with Crippen LogP contribution in [0.4, 0.5) is 5.69 Å². The van der Waals surface area contributed by atoms with Gasteiger partial charge in [-0.1, -0.05) is 12.1 Å². The summed E-state index contributed by atoms with van der Waals surface area (Å²) < 4.78 is 3.71. The minimum absolute atomic E-state index is 0.270. The topological polar surface area (TPSA) is 56.0 Å². The second-order valence-electron chi connectivity index (χ2n) is 4.28. The maximum absolute atomic E-state index is 12.0. The predicted molar refractivity (Wildman–Crippen MR) is 83.3 cm³/mol. The standard InChI is InChI=1S/C14H16BrN3O2/c1-2-17-9-7-13(19)18(14(17)20)10-8-16-12-6-4-3-5-11(12)15/h3-7,9,16H,2,8,10H2,1H3. The van der Waals surface area contributed by atoms with Crippen LogP contribution in [0.2, 0.25) is 0 Å². The van der Waals surface area contributed by atoms with E-state index in [0.717, 1.165) is 10.2 Å². The van der Waals surface area contributed by atoms with Crippen molar-refractivity contribution in [3.05, 3.63) is 61.8 Å². The highest BCUT2D eigenvalue weighted by Crippen LogP contribution is 2.20. The first-order valence-electron chi connectivity index (χ1n) is 6.42.